The molecule has 0 aromatic heterocycles. The van der Waals surface area contributed by atoms with Crippen LogP contribution in [-0.2, 0) is 12.8 Å². The number of amides is 2. The summed E-state index contributed by atoms with van der Waals surface area (Å²) in [4.78, 5) is 13.5. The highest BCUT2D eigenvalue weighted by molar-refractivity contribution is 5.71. The molecule has 2 amide bonds. The van der Waals surface area contributed by atoms with Crippen LogP contribution in [-0.4, -0.2) is 24.0 Å². The van der Waals surface area contributed by atoms with Gasteiger partial charge >= 0.3 is 6.03 Å². The number of aryl methyl sites for hydroxylation is 2. The number of rotatable bonds is 16. The summed E-state index contributed by atoms with van der Waals surface area (Å²) in [6, 6.07) is 21.1. The molecule has 2 rings (SSSR count). The summed E-state index contributed by atoms with van der Waals surface area (Å²) >= 11 is 0. The van der Waals surface area contributed by atoms with Crippen LogP contribution in [0.1, 0.15) is 75.3 Å². The fourth-order valence-corrected chi connectivity index (χ4v) is 3.95. The van der Waals surface area contributed by atoms with Crippen LogP contribution < -0.4 is 5.73 Å². The van der Waals surface area contributed by atoms with Gasteiger partial charge in [0.2, 0.25) is 0 Å². The van der Waals surface area contributed by atoms with Crippen LogP contribution in [0.5, 0.6) is 0 Å². The van der Waals surface area contributed by atoms with E-state index in [1.54, 1.807) is 0 Å². The molecule has 0 radical (unpaired) electrons. The van der Waals surface area contributed by atoms with E-state index in [1.807, 2.05) is 4.90 Å². The molecular formula is C27H40N2O. The van der Waals surface area contributed by atoms with Crippen molar-refractivity contribution in [2.75, 3.05) is 13.1 Å². The van der Waals surface area contributed by atoms with Crippen molar-refractivity contribution in [1.29, 1.82) is 0 Å². The van der Waals surface area contributed by atoms with Gasteiger partial charge in [-0.1, -0.05) is 99.2 Å². The maximum atomic E-state index is 11.7. The molecule has 0 saturated carbocycles. The number of nitrogens with two attached hydrogens (primary N) is 1. The van der Waals surface area contributed by atoms with Gasteiger partial charge in [0.15, 0.2) is 0 Å². The Morgan fingerprint density at radius 3 is 1.33 bits per heavy atom. The molecule has 3 heteroatoms. The first kappa shape index (κ1) is 24.0. The predicted molar refractivity (Wildman–Crippen MR) is 128 cm³/mol. The van der Waals surface area contributed by atoms with Crippen LogP contribution in [0, 0.1) is 0 Å². The Kier molecular flexibility index (Phi) is 12.4. The number of carbonyl (C=O) groups excluding carboxylic acids is 1. The Labute approximate surface area is 183 Å². The standard InChI is InChI=1S/C27H40N2O/c28-27(30)29(23-15-5-1-3-9-17-25-19-11-7-12-20-25)24-16-6-2-4-10-18-26-21-13-8-14-22-26/h7-8,11-14,19-22H,1-6,9-10,15-18,23-24H2,(H2,28,30). The third kappa shape index (κ3) is 11.0. The molecule has 0 aliphatic heterocycles. The van der Waals surface area contributed by atoms with E-state index in [0.717, 1.165) is 25.9 Å². The van der Waals surface area contributed by atoms with Crippen molar-refractivity contribution >= 4 is 6.03 Å². The SMILES string of the molecule is NC(=O)N(CCCCCCCc1ccccc1)CCCCCCCc1ccccc1. The summed E-state index contributed by atoms with van der Waals surface area (Å²) in [7, 11) is 0. The van der Waals surface area contributed by atoms with E-state index in [0.29, 0.717) is 0 Å². The van der Waals surface area contributed by atoms with Crippen LogP contribution >= 0.6 is 0 Å². The number of hydrogen-bond acceptors (Lipinski definition) is 1. The lowest BCUT2D eigenvalue weighted by Crippen LogP contribution is -2.37. The molecule has 0 aliphatic rings. The van der Waals surface area contributed by atoms with Crippen molar-refractivity contribution in [3.8, 4) is 0 Å². The lowest BCUT2D eigenvalue weighted by Gasteiger charge is -2.20. The molecular weight excluding hydrogens is 368 g/mol. The van der Waals surface area contributed by atoms with Crippen molar-refractivity contribution < 1.29 is 4.79 Å². The van der Waals surface area contributed by atoms with Crippen molar-refractivity contribution in [2.45, 2.75) is 77.0 Å². The first-order chi connectivity index (χ1) is 14.8. The molecule has 0 bridgehead atoms. The quantitative estimate of drug-likeness (QED) is 0.307. The van der Waals surface area contributed by atoms with Crippen molar-refractivity contribution in [3.63, 3.8) is 0 Å². The molecule has 0 unspecified atom stereocenters. The van der Waals surface area contributed by atoms with Crippen LogP contribution in [0.4, 0.5) is 4.79 Å². The van der Waals surface area contributed by atoms with E-state index in [-0.39, 0.29) is 6.03 Å². The summed E-state index contributed by atoms with van der Waals surface area (Å²) in [5.74, 6) is 0. The van der Waals surface area contributed by atoms with Crippen molar-refractivity contribution in [3.05, 3.63) is 71.8 Å². The minimum Gasteiger partial charge on any atom is -0.351 e. The monoisotopic (exact) mass is 408 g/mol. The normalized spacial score (nSPS) is 10.8. The number of benzene rings is 2. The average molecular weight is 409 g/mol. The van der Waals surface area contributed by atoms with Gasteiger partial charge in [-0.2, -0.15) is 0 Å². The molecule has 2 aromatic carbocycles. The number of carbonyl (C=O) groups is 1. The fourth-order valence-electron chi connectivity index (χ4n) is 3.95. The van der Waals surface area contributed by atoms with Gasteiger partial charge in [-0.3, -0.25) is 0 Å². The first-order valence-corrected chi connectivity index (χ1v) is 11.9. The highest BCUT2D eigenvalue weighted by Crippen LogP contribution is 2.11. The average Bonchev–Trinajstić information content (AvgIpc) is 2.77. The Morgan fingerprint density at radius 1 is 0.567 bits per heavy atom. The maximum Gasteiger partial charge on any atom is 0.314 e. The Morgan fingerprint density at radius 2 is 0.933 bits per heavy atom. The second-order valence-corrected chi connectivity index (χ2v) is 8.33. The third-order valence-corrected chi connectivity index (χ3v) is 5.78. The first-order valence-electron chi connectivity index (χ1n) is 11.9. The van der Waals surface area contributed by atoms with Crippen molar-refractivity contribution in [1.82, 2.24) is 4.90 Å². The van der Waals surface area contributed by atoms with E-state index in [9.17, 15) is 4.79 Å². The zero-order valence-corrected chi connectivity index (χ0v) is 18.6. The van der Waals surface area contributed by atoms with E-state index in [4.69, 9.17) is 5.73 Å². The summed E-state index contributed by atoms with van der Waals surface area (Å²) in [5, 5.41) is 0. The number of hydrogen-bond donors (Lipinski definition) is 1. The number of urea groups is 1. The van der Waals surface area contributed by atoms with Gasteiger partial charge in [-0.25, -0.2) is 4.79 Å². The fraction of sp³-hybridized carbons (Fsp3) is 0.519. The molecule has 2 aromatic rings. The highest BCUT2D eigenvalue weighted by Gasteiger charge is 2.08. The Balaban J connectivity index is 1.43. The topological polar surface area (TPSA) is 46.3 Å². The molecule has 30 heavy (non-hydrogen) atoms. The predicted octanol–water partition coefficient (Wildman–Crippen LogP) is 6.75. The summed E-state index contributed by atoms with van der Waals surface area (Å²) < 4.78 is 0. The minimum atomic E-state index is -0.261. The van der Waals surface area contributed by atoms with Gasteiger partial charge in [0, 0.05) is 13.1 Å². The van der Waals surface area contributed by atoms with Gasteiger partial charge in [0.25, 0.3) is 0 Å². The van der Waals surface area contributed by atoms with Crippen LogP contribution in [0.25, 0.3) is 0 Å². The van der Waals surface area contributed by atoms with Gasteiger partial charge in [0.1, 0.15) is 0 Å². The Hall–Kier alpha value is -2.29. The number of unbranched alkanes of at least 4 members (excludes halogenated alkanes) is 8. The number of primary amides is 1. The Bertz CT molecular complexity index is 618. The minimum absolute atomic E-state index is 0.261. The van der Waals surface area contributed by atoms with Crippen LogP contribution in [0.15, 0.2) is 60.7 Å². The summed E-state index contributed by atoms with van der Waals surface area (Å²) in [6.45, 7) is 1.62. The number of nitrogens with zero attached hydrogens (tertiary/aromatic N) is 1. The van der Waals surface area contributed by atoms with E-state index >= 15 is 0 Å². The molecule has 0 spiro atoms. The lowest BCUT2D eigenvalue weighted by atomic mass is 10.1. The smallest absolute Gasteiger partial charge is 0.314 e. The maximum absolute atomic E-state index is 11.7. The molecule has 0 fully saturated rings. The van der Waals surface area contributed by atoms with E-state index < -0.39 is 0 Å². The van der Waals surface area contributed by atoms with Gasteiger partial charge in [-0.15, -0.1) is 0 Å². The van der Waals surface area contributed by atoms with Crippen LogP contribution in [0.3, 0.4) is 0 Å². The lowest BCUT2D eigenvalue weighted by molar-refractivity contribution is 0.205. The van der Waals surface area contributed by atoms with Gasteiger partial charge in [0.05, 0.1) is 0 Å². The van der Waals surface area contributed by atoms with Gasteiger partial charge < -0.3 is 10.6 Å². The second kappa shape index (κ2) is 15.5. The molecule has 164 valence electrons. The second-order valence-electron chi connectivity index (χ2n) is 8.33. The molecule has 0 aliphatic carbocycles. The van der Waals surface area contributed by atoms with E-state index in [1.165, 1.54) is 75.3 Å². The third-order valence-electron chi connectivity index (χ3n) is 5.78. The molecule has 0 saturated heterocycles. The molecule has 0 atom stereocenters. The van der Waals surface area contributed by atoms with Crippen molar-refractivity contribution in [2.24, 2.45) is 5.73 Å². The molecule has 3 nitrogen and oxygen atoms in total. The highest BCUT2D eigenvalue weighted by atomic mass is 16.2. The summed E-state index contributed by atoms with van der Waals surface area (Å²) in [6.07, 6.45) is 14.3. The van der Waals surface area contributed by atoms with E-state index in [2.05, 4.69) is 60.7 Å². The largest absolute Gasteiger partial charge is 0.351 e. The summed E-state index contributed by atoms with van der Waals surface area (Å²) in [5.41, 5.74) is 8.43. The zero-order chi connectivity index (χ0) is 21.3. The molecule has 0 heterocycles. The van der Waals surface area contributed by atoms with Crippen LogP contribution in [0.2, 0.25) is 0 Å². The van der Waals surface area contributed by atoms with Gasteiger partial charge in [-0.05, 0) is 49.7 Å². The molecule has 2 N–H and O–H groups in total. The zero-order valence-electron chi connectivity index (χ0n) is 18.6.